The van der Waals surface area contributed by atoms with Crippen LogP contribution in [-0.2, 0) is 11.2 Å². The van der Waals surface area contributed by atoms with E-state index >= 15 is 0 Å². The number of carboxylic acid groups (broad SMARTS) is 1. The summed E-state index contributed by atoms with van der Waals surface area (Å²) in [7, 11) is 0. The molecule has 2 nitrogen and oxygen atoms in total. The largest absolute Gasteiger partial charge is 0.481 e. The van der Waals surface area contributed by atoms with E-state index in [1.165, 1.54) is 0 Å². The van der Waals surface area contributed by atoms with Crippen LogP contribution < -0.4 is 0 Å². The number of halogens is 1. The molecule has 86 valence electrons. The van der Waals surface area contributed by atoms with E-state index in [-0.39, 0.29) is 6.42 Å². The minimum absolute atomic E-state index is 0.0485. The molecular formula is C12H13ClO2S. The fourth-order valence-electron chi connectivity index (χ4n) is 1.29. The maximum atomic E-state index is 10.6. The van der Waals surface area contributed by atoms with Crippen molar-refractivity contribution in [3.8, 4) is 0 Å². The third-order valence-corrected chi connectivity index (χ3v) is 2.64. The average Bonchev–Trinajstić information content (AvgIpc) is 2.22. The van der Waals surface area contributed by atoms with Gasteiger partial charge in [0.15, 0.2) is 0 Å². The highest BCUT2D eigenvalue weighted by Crippen LogP contribution is 2.19. The fourth-order valence-corrected chi connectivity index (χ4v) is 1.62. The molecule has 0 heterocycles. The number of rotatable bonds is 5. The molecule has 0 spiro atoms. The quantitative estimate of drug-likeness (QED) is 0.794. The predicted molar refractivity (Wildman–Crippen MR) is 70.3 cm³/mol. The van der Waals surface area contributed by atoms with Crippen molar-refractivity contribution in [1.29, 1.82) is 0 Å². The van der Waals surface area contributed by atoms with Gasteiger partial charge < -0.3 is 5.11 Å². The van der Waals surface area contributed by atoms with Crippen LogP contribution in [0.1, 0.15) is 17.5 Å². The summed E-state index contributed by atoms with van der Waals surface area (Å²) in [6, 6.07) is 5.38. The van der Waals surface area contributed by atoms with E-state index in [4.69, 9.17) is 16.7 Å². The van der Waals surface area contributed by atoms with Crippen LogP contribution in [0.3, 0.4) is 0 Å². The molecule has 0 unspecified atom stereocenters. The Morgan fingerprint density at radius 3 is 2.88 bits per heavy atom. The van der Waals surface area contributed by atoms with Gasteiger partial charge >= 0.3 is 5.97 Å². The number of carbonyl (C=O) groups is 1. The number of benzene rings is 1. The zero-order valence-electron chi connectivity index (χ0n) is 8.69. The maximum Gasteiger partial charge on any atom is 0.307 e. The summed E-state index contributed by atoms with van der Waals surface area (Å²) in [5.41, 5.74) is 1.60. The maximum absolute atomic E-state index is 10.6. The first-order chi connectivity index (χ1) is 7.63. The van der Waals surface area contributed by atoms with Crippen molar-refractivity contribution >= 4 is 36.3 Å². The van der Waals surface area contributed by atoms with Crippen LogP contribution in [0.2, 0.25) is 5.02 Å². The number of carboxylic acids is 1. The molecule has 1 N–H and O–H groups in total. The van der Waals surface area contributed by atoms with Gasteiger partial charge in [-0.15, -0.1) is 0 Å². The SMILES string of the molecule is O=C(O)Cc1cc(C=CCCS)ccc1Cl. The Morgan fingerprint density at radius 2 is 2.25 bits per heavy atom. The second kappa shape index (κ2) is 6.61. The third kappa shape index (κ3) is 4.29. The third-order valence-electron chi connectivity index (χ3n) is 2.02. The molecule has 1 aromatic rings. The Kier molecular flexibility index (Phi) is 5.43. The van der Waals surface area contributed by atoms with Gasteiger partial charge in [-0.3, -0.25) is 4.79 Å². The van der Waals surface area contributed by atoms with Gasteiger partial charge in [-0.2, -0.15) is 12.6 Å². The molecule has 0 aromatic heterocycles. The molecule has 0 saturated heterocycles. The molecule has 0 saturated carbocycles. The molecule has 0 aliphatic rings. The van der Waals surface area contributed by atoms with E-state index in [1.54, 1.807) is 12.1 Å². The number of hydrogen-bond acceptors (Lipinski definition) is 2. The molecule has 1 aromatic carbocycles. The smallest absolute Gasteiger partial charge is 0.307 e. The van der Waals surface area contributed by atoms with Crippen molar-refractivity contribution in [3.63, 3.8) is 0 Å². The Hall–Kier alpha value is -0.930. The normalized spacial score (nSPS) is 10.9. The Balaban J connectivity index is 2.84. The van der Waals surface area contributed by atoms with Crippen LogP contribution in [0.15, 0.2) is 24.3 Å². The summed E-state index contributed by atoms with van der Waals surface area (Å²) in [5, 5.41) is 9.20. The molecule has 0 aliphatic heterocycles. The minimum Gasteiger partial charge on any atom is -0.481 e. The molecule has 4 heteroatoms. The van der Waals surface area contributed by atoms with E-state index in [2.05, 4.69) is 12.6 Å². The van der Waals surface area contributed by atoms with E-state index in [9.17, 15) is 4.79 Å². The Bertz CT molecular complexity index is 402. The molecule has 1 rings (SSSR count). The Labute approximate surface area is 105 Å². The zero-order chi connectivity index (χ0) is 12.0. The van der Waals surface area contributed by atoms with Crippen molar-refractivity contribution in [2.24, 2.45) is 0 Å². The number of hydrogen-bond donors (Lipinski definition) is 2. The summed E-state index contributed by atoms with van der Waals surface area (Å²) in [6.07, 6.45) is 4.78. The van der Waals surface area contributed by atoms with Gasteiger partial charge in [0.25, 0.3) is 0 Å². The standard InChI is InChI=1S/C12H13ClO2S/c13-11-5-4-9(3-1-2-6-16)7-10(11)8-12(14)15/h1,3-5,7,16H,2,6,8H2,(H,14,15). The highest BCUT2D eigenvalue weighted by atomic mass is 35.5. The second-order valence-electron chi connectivity index (χ2n) is 3.34. The van der Waals surface area contributed by atoms with Crippen molar-refractivity contribution in [2.75, 3.05) is 5.75 Å². The number of allylic oxidation sites excluding steroid dienone is 1. The summed E-state index contributed by atoms with van der Waals surface area (Å²) >= 11 is 10.0. The summed E-state index contributed by atoms with van der Waals surface area (Å²) in [5.74, 6) is -0.0788. The lowest BCUT2D eigenvalue weighted by Crippen LogP contribution is -2.00. The minimum atomic E-state index is -0.876. The second-order valence-corrected chi connectivity index (χ2v) is 4.19. The Morgan fingerprint density at radius 1 is 1.50 bits per heavy atom. The summed E-state index contributed by atoms with van der Waals surface area (Å²) < 4.78 is 0. The van der Waals surface area contributed by atoms with Gasteiger partial charge in [-0.1, -0.05) is 29.8 Å². The summed E-state index contributed by atoms with van der Waals surface area (Å²) in [4.78, 5) is 10.6. The fraction of sp³-hybridized carbons (Fsp3) is 0.250. The zero-order valence-corrected chi connectivity index (χ0v) is 10.3. The van der Waals surface area contributed by atoms with Crippen LogP contribution >= 0.6 is 24.2 Å². The molecule has 0 atom stereocenters. The van der Waals surface area contributed by atoms with E-state index in [1.807, 2.05) is 18.2 Å². The molecule has 0 aliphatic carbocycles. The van der Waals surface area contributed by atoms with Gasteiger partial charge in [-0.25, -0.2) is 0 Å². The number of aliphatic carboxylic acids is 1. The lowest BCUT2D eigenvalue weighted by Gasteiger charge is -2.02. The van der Waals surface area contributed by atoms with Crippen LogP contribution in [0.4, 0.5) is 0 Å². The predicted octanol–water partition coefficient (Wildman–Crippen LogP) is 3.30. The van der Waals surface area contributed by atoms with Gasteiger partial charge in [-0.05, 0) is 35.4 Å². The first-order valence-corrected chi connectivity index (χ1v) is 5.92. The van der Waals surface area contributed by atoms with Crippen molar-refractivity contribution in [2.45, 2.75) is 12.8 Å². The van der Waals surface area contributed by atoms with Crippen LogP contribution in [0.25, 0.3) is 6.08 Å². The van der Waals surface area contributed by atoms with E-state index in [0.29, 0.717) is 10.6 Å². The average molecular weight is 257 g/mol. The van der Waals surface area contributed by atoms with Gasteiger partial charge in [0.2, 0.25) is 0 Å². The highest BCUT2D eigenvalue weighted by Gasteiger charge is 2.05. The molecule has 16 heavy (non-hydrogen) atoms. The molecule has 0 fully saturated rings. The molecular weight excluding hydrogens is 244 g/mol. The van der Waals surface area contributed by atoms with Crippen LogP contribution in [0.5, 0.6) is 0 Å². The highest BCUT2D eigenvalue weighted by molar-refractivity contribution is 7.80. The summed E-state index contributed by atoms with van der Waals surface area (Å²) in [6.45, 7) is 0. The topological polar surface area (TPSA) is 37.3 Å². The van der Waals surface area contributed by atoms with E-state index < -0.39 is 5.97 Å². The lowest BCUT2D eigenvalue weighted by atomic mass is 10.1. The van der Waals surface area contributed by atoms with Crippen molar-refractivity contribution in [3.05, 3.63) is 40.4 Å². The van der Waals surface area contributed by atoms with Crippen LogP contribution in [0, 0.1) is 0 Å². The van der Waals surface area contributed by atoms with Crippen molar-refractivity contribution < 1.29 is 9.90 Å². The molecule has 0 radical (unpaired) electrons. The first-order valence-electron chi connectivity index (χ1n) is 4.91. The van der Waals surface area contributed by atoms with Gasteiger partial charge in [0, 0.05) is 5.02 Å². The monoisotopic (exact) mass is 256 g/mol. The van der Waals surface area contributed by atoms with Crippen LogP contribution in [-0.4, -0.2) is 16.8 Å². The van der Waals surface area contributed by atoms with Crippen molar-refractivity contribution in [1.82, 2.24) is 0 Å². The molecule has 0 amide bonds. The first kappa shape index (κ1) is 13.1. The van der Waals surface area contributed by atoms with E-state index in [0.717, 1.165) is 17.7 Å². The van der Waals surface area contributed by atoms with Gasteiger partial charge in [0.05, 0.1) is 6.42 Å². The number of thiol groups is 1. The van der Waals surface area contributed by atoms with Gasteiger partial charge in [0.1, 0.15) is 0 Å². The molecule has 0 bridgehead atoms. The lowest BCUT2D eigenvalue weighted by molar-refractivity contribution is -0.136.